The molecule has 1 N–H and O–H groups in total. The largest absolute Gasteiger partial charge is 0.383 e. The molecule has 1 atom stereocenters. The summed E-state index contributed by atoms with van der Waals surface area (Å²) in [4.78, 5) is 2.60. The van der Waals surface area contributed by atoms with Gasteiger partial charge in [0.15, 0.2) is 0 Å². The molecule has 0 aliphatic heterocycles. The molecule has 0 saturated carbocycles. The van der Waals surface area contributed by atoms with Crippen molar-refractivity contribution in [1.29, 1.82) is 0 Å². The van der Waals surface area contributed by atoms with E-state index >= 15 is 0 Å². The normalized spacial score (nSPS) is 16.1. The highest BCUT2D eigenvalue weighted by Gasteiger charge is 2.18. The van der Waals surface area contributed by atoms with Crippen molar-refractivity contribution in [3.8, 4) is 0 Å². The Bertz CT molecular complexity index is 547. The van der Waals surface area contributed by atoms with Gasteiger partial charge in [-0.15, -0.1) is 11.3 Å². The summed E-state index contributed by atoms with van der Waals surface area (Å²) >= 11 is 1.80. The zero-order chi connectivity index (χ0) is 13.2. The first-order valence-corrected chi connectivity index (χ1v) is 7.98. The van der Waals surface area contributed by atoms with Crippen LogP contribution >= 0.6 is 11.3 Å². The van der Waals surface area contributed by atoms with E-state index in [1.54, 1.807) is 11.3 Å². The van der Waals surface area contributed by atoms with Gasteiger partial charge in [-0.05, 0) is 54.9 Å². The molecule has 3 rings (SSSR count). The summed E-state index contributed by atoms with van der Waals surface area (Å²) in [5.41, 5.74) is 3.78. The van der Waals surface area contributed by atoms with Gasteiger partial charge in [-0.2, -0.15) is 0 Å². The van der Waals surface area contributed by atoms with Gasteiger partial charge in [0.25, 0.3) is 0 Å². The lowest BCUT2D eigenvalue weighted by Crippen LogP contribution is -1.98. The molecule has 2 aromatic rings. The van der Waals surface area contributed by atoms with E-state index in [0.717, 1.165) is 16.9 Å². The van der Waals surface area contributed by atoms with Gasteiger partial charge >= 0.3 is 0 Å². The van der Waals surface area contributed by atoms with E-state index in [-0.39, 0.29) is 0 Å². The number of fused-ring (bicyclic) bond motifs is 1. The van der Waals surface area contributed by atoms with Crippen molar-refractivity contribution in [2.45, 2.75) is 45.1 Å². The molecule has 1 aromatic carbocycles. The quantitative estimate of drug-likeness (QED) is 0.884. The molecule has 0 bridgehead atoms. The van der Waals surface area contributed by atoms with Crippen LogP contribution in [0.15, 0.2) is 30.3 Å². The van der Waals surface area contributed by atoms with Gasteiger partial charge in [0.05, 0.1) is 0 Å². The molecule has 1 heterocycles. The van der Waals surface area contributed by atoms with Crippen LogP contribution in [0.2, 0.25) is 0 Å². The minimum atomic E-state index is -0.456. The summed E-state index contributed by atoms with van der Waals surface area (Å²) in [6.45, 7) is 2.15. The van der Waals surface area contributed by atoms with Crippen molar-refractivity contribution >= 4 is 11.3 Å². The molecular weight excluding hydrogens is 252 g/mol. The van der Waals surface area contributed by atoms with Crippen LogP contribution in [0.3, 0.4) is 0 Å². The number of hydrogen-bond acceptors (Lipinski definition) is 2. The zero-order valence-electron chi connectivity index (χ0n) is 11.4. The van der Waals surface area contributed by atoms with Gasteiger partial charge in [0.2, 0.25) is 0 Å². The standard InChI is InChI=1S/C17H20OS/c1-2-12-6-5-8-14(10-12)17(18)16-11-13-7-3-4-9-15(13)19-16/h5-6,8,10-11,17-18H,2-4,7,9H2,1H3. The molecule has 2 heteroatoms. The smallest absolute Gasteiger partial charge is 0.113 e. The van der Waals surface area contributed by atoms with E-state index in [1.165, 1.54) is 41.7 Å². The molecule has 0 spiro atoms. The number of aryl methyl sites for hydroxylation is 3. The maximum Gasteiger partial charge on any atom is 0.113 e. The highest BCUT2D eigenvalue weighted by molar-refractivity contribution is 7.12. The van der Waals surface area contributed by atoms with Crippen molar-refractivity contribution in [3.63, 3.8) is 0 Å². The fourth-order valence-corrected chi connectivity index (χ4v) is 4.07. The van der Waals surface area contributed by atoms with E-state index in [0.29, 0.717) is 0 Å². The van der Waals surface area contributed by atoms with E-state index < -0.39 is 6.10 Å². The first-order chi connectivity index (χ1) is 9.28. The summed E-state index contributed by atoms with van der Waals surface area (Å²) in [6, 6.07) is 10.6. The Hall–Kier alpha value is -1.12. The Balaban J connectivity index is 1.90. The van der Waals surface area contributed by atoms with Crippen LogP contribution in [0.4, 0.5) is 0 Å². The molecule has 1 aromatic heterocycles. The molecule has 19 heavy (non-hydrogen) atoms. The maximum atomic E-state index is 10.6. The second kappa shape index (κ2) is 5.48. The summed E-state index contributed by atoms with van der Waals surface area (Å²) < 4.78 is 0. The second-order valence-electron chi connectivity index (χ2n) is 5.31. The monoisotopic (exact) mass is 272 g/mol. The Morgan fingerprint density at radius 3 is 2.84 bits per heavy atom. The van der Waals surface area contributed by atoms with Crippen molar-refractivity contribution in [1.82, 2.24) is 0 Å². The second-order valence-corrected chi connectivity index (χ2v) is 6.47. The molecule has 0 saturated heterocycles. The third kappa shape index (κ3) is 2.60. The third-order valence-corrected chi connectivity index (χ3v) is 5.25. The van der Waals surface area contributed by atoms with Crippen molar-refractivity contribution in [2.75, 3.05) is 0 Å². The van der Waals surface area contributed by atoms with Crippen molar-refractivity contribution < 1.29 is 5.11 Å². The van der Waals surface area contributed by atoms with E-state index in [2.05, 4.69) is 25.1 Å². The maximum absolute atomic E-state index is 10.6. The first kappa shape index (κ1) is 12.9. The summed E-state index contributed by atoms with van der Waals surface area (Å²) in [6.07, 6.45) is 5.54. The molecule has 0 amide bonds. The summed E-state index contributed by atoms with van der Waals surface area (Å²) in [5, 5.41) is 10.6. The third-order valence-electron chi connectivity index (χ3n) is 3.96. The average molecular weight is 272 g/mol. The number of aliphatic hydroxyl groups excluding tert-OH is 1. The van der Waals surface area contributed by atoms with Gasteiger partial charge < -0.3 is 5.11 Å². The van der Waals surface area contributed by atoms with Crippen LogP contribution in [0.1, 0.15) is 52.3 Å². The van der Waals surface area contributed by atoms with Gasteiger partial charge in [0, 0.05) is 9.75 Å². The van der Waals surface area contributed by atoms with E-state index in [1.807, 2.05) is 12.1 Å². The Labute approximate surface area is 118 Å². The van der Waals surface area contributed by atoms with Crippen LogP contribution in [0.5, 0.6) is 0 Å². The van der Waals surface area contributed by atoms with Gasteiger partial charge in [-0.3, -0.25) is 0 Å². The van der Waals surface area contributed by atoms with Crippen LogP contribution in [-0.2, 0) is 19.3 Å². The minimum Gasteiger partial charge on any atom is -0.383 e. The van der Waals surface area contributed by atoms with Gasteiger partial charge in [-0.25, -0.2) is 0 Å². The highest BCUT2D eigenvalue weighted by Crippen LogP contribution is 2.35. The molecule has 100 valence electrons. The summed E-state index contributed by atoms with van der Waals surface area (Å²) in [7, 11) is 0. The van der Waals surface area contributed by atoms with Crippen LogP contribution in [0, 0.1) is 0 Å². The Morgan fingerprint density at radius 1 is 1.21 bits per heavy atom. The number of thiophene rings is 1. The number of hydrogen-bond donors (Lipinski definition) is 1. The number of rotatable bonds is 3. The van der Waals surface area contributed by atoms with Crippen LogP contribution < -0.4 is 0 Å². The zero-order valence-corrected chi connectivity index (χ0v) is 12.2. The fourth-order valence-electron chi connectivity index (χ4n) is 2.80. The predicted octanol–water partition coefficient (Wildman–Crippen LogP) is 4.27. The van der Waals surface area contributed by atoms with Crippen molar-refractivity contribution in [3.05, 3.63) is 56.8 Å². The van der Waals surface area contributed by atoms with Crippen LogP contribution in [0.25, 0.3) is 0 Å². The molecule has 1 aliphatic carbocycles. The molecule has 1 nitrogen and oxygen atoms in total. The fraction of sp³-hybridized carbons (Fsp3) is 0.412. The van der Waals surface area contributed by atoms with Crippen LogP contribution in [-0.4, -0.2) is 5.11 Å². The number of benzene rings is 1. The average Bonchev–Trinajstić information content (AvgIpc) is 2.90. The molecule has 0 radical (unpaired) electrons. The lowest BCUT2D eigenvalue weighted by atomic mass is 9.98. The number of aliphatic hydroxyl groups is 1. The van der Waals surface area contributed by atoms with Crippen molar-refractivity contribution in [2.24, 2.45) is 0 Å². The molecule has 0 fully saturated rings. The molecule has 1 unspecified atom stereocenters. The minimum absolute atomic E-state index is 0.456. The highest BCUT2D eigenvalue weighted by atomic mass is 32.1. The predicted molar refractivity (Wildman–Crippen MR) is 80.8 cm³/mol. The lowest BCUT2D eigenvalue weighted by Gasteiger charge is -2.10. The molecule has 1 aliphatic rings. The van der Waals surface area contributed by atoms with E-state index in [4.69, 9.17) is 0 Å². The topological polar surface area (TPSA) is 20.2 Å². The molecular formula is C17H20OS. The SMILES string of the molecule is CCc1cccc(C(O)c2cc3c(s2)CCCC3)c1. The van der Waals surface area contributed by atoms with E-state index in [9.17, 15) is 5.11 Å². The Kier molecular flexibility index (Phi) is 3.72. The lowest BCUT2D eigenvalue weighted by molar-refractivity contribution is 0.224. The van der Waals surface area contributed by atoms with Gasteiger partial charge in [0.1, 0.15) is 6.10 Å². The van der Waals surface area contributed by atoms with Gasteiger partial charge in [-0.1, -0.05) is 31.2 Å². The first-order valence-electron chi connectivity index (χ1n) is 7.16. The summed E-state index contributed by atoms with van der Waals surface area (Å²) in [5.74, 6) is 0. The Morgan fingerprint density at radius 2 is 2.05 bits per heavy atom.